The number of para-hydroxylation sites is 1. The molecular formula is C20H18N2O4. The predicted molar refractivity (Wildman–Crippen MR) is 99.7 cm³/mol. The fraction of sp³-hybridized carbons (Fsp3) is 0.150. The second-order valence-electron chi connectivity index (χ2n) is 5.66. The molecule has 0 amide bonds. The molecule has 0 spiro atoms. The minimum absolute atomic E-state index is 0.0424. The number of fused-ring (bicyclic) bond motifs is 1. The van der Waals surface area contributed by atoms with Gasteiger partial charge in [-0.2, -0.15) is 0 Å². The number of carboxylic acids is 1. The molecule has 1 aromatic carbocycles. The maximum absolute atomic E-state index is 12.8. The topological polar surface area (TPSA) is 80.9 Å². The molecular weight excluding hydrogens is 332 g/mol. The smallest absolute Gasteiger partial charge is 0.337 e. The summed E-state index contributed by atoms with van der Waals surface area (Å²) in [6.07, 6.45) is 5.42. The Morgan fingerprint density at radius 2 is 2.00 bits per heavy atom. The second-order valence-corrected chi connectivity index (χ2v) is 5.66. The van der Waals surface area contributed by atoms with Crippen LogP contribution in [-0.4, -0.2) is 27.6 Å². The van der Waals surface area contributed by atoms with Gasteiger partial charge in [-0.25, -0.2) is 9.78 Å². The minimum Gasteiger partial charge on any atom is -0.496 e. The summed E-state index contributed by atoms with van der Waals surface area (Å²) < 4.78 is 6.61. The lowest BCUT2D eigenvalue weighted by Gasteiger charge is -2.08. The van der Waals surface area contributed by atoms with Crippen LogP contribution in [0.1, 0.15) is 34.1 Å². The summed E-state index contributed by atoms with van der Waals surface area (Å²) in [5.41, 5.74) is 2.14. The van der Waals surface area contributed by atoms with E-state index in [9.17, 15) is 9.59 Å². The van der Waals surface area contributed by atoms with Crippen LogP contribution in [0.5, 0.6) is 5.75 Å². The maximum atomic E-state index is 12.8. The van der Waals surface area contributed by atoms with E-state index >= 15 is 0 Å². The third-order valence-electron chi connectivity index (χ3n) is 4.11. The molecule has 0 saturated heterocycles. The highest BCUT2D eigenvalue weighted by atomic mass is 16.5. The number of nitrogens with zero attached hydrogens (tertiary/aromatic N) is 2. The van der Waals surface area contributed by atoms with Crippen LogP contribution in [0.4, 0.5) is 0 Å². The summed E-state index contributed by atoms with van der Waals surface area (Å²) in [6, 6.07) is 10.5. The molecule has 0 aliphatic heterocycles. The summed E-state index contributed by atoms with van der Waals surface area (Å²) in [6.45, 7) is 1.87. The first kappa shape index (κ1) is 17.4. The summed E-state index contributed by atoms with van der Waals surface area (Å²) in [7, 11) is 1.60. The van der Waals surface area contributed by atoms with Gasteiger partial charge >= 0.3 is 5.97 Å². The number of rotatable bonds is 5. The van der Waals surface area contributed by atoms with Gasteiger partial charge in [-0.05, 0) is 36.8 Å². The van der Waals surface area contributed by atoms with Gasteiger partial charge in [0.25, 0.3) is 5.56 Å². The summed E-state index contributed by atoms with van der Waals surface area (Å²) in [4.78, 5) is 28.4. The van der Waals surface area contributed by atoms with E-state index in [0.29, 0.717) is 23.3 Å². The summed E-state index contributed by atoms with van der Waals surface area (Å²) in [5, 5.41) is 9.12. The molecule has 132 valence electrons. The first-order valence-electron chi connectivity index (χ1n) is 8.14. The van der Waals surface area contributed by atoms with Crippen LogP contribution in [-0.2, 0) is 6.42 Å². The maximum Gasteiger partial charge on any atom is 0.337 e. The van der Waals surface area contributed by atoms with Crippen LogP contribution in [0.25, 0.3) is 17.8 Å². The molecule has 0 fully saturated rings. The highest BCUT2D eigenvalue weighted by molar-refractivity contribution is 5.87. The van der Waals surface area contributed by atoms with Gasteiger partial charge in [0, 0.05) is 17.3 Å². The average Bonchev–Trinajstić information content (AvgIpc) is 2.66. The van der Waals surface area contributed by atoms with Gasteiger partial charge in [-0.3, -0.25) is 9.20 Å². The number of aromatic carboxylic acids is 1. The zero-order valence-electron chi connectivity index (χ0n) is 14.5. The van der Waals surface area contributed by atoms with E-state index in [4.69, 9.17) is 9.84 Å². The second kappa shape index (κ2) is 7.23. The molecule has 0 atom stereocenters. The monoisotopic (exact) mass is 350 g/mol. The SMILES string of the molecule is CCc1c(C=Cc2ccccc2OC)nc2ccc(C(=O)O)cn2c1=O. The van der Waals surface area contributed by atoms with Crippen molar-refractivity contribution >= 4 is 23.8 Å². The molecule has 0 aliphatic rings. The molecule has 0 unspecified atom stereocenters. The summed E-state index contributed by atoms with van der Waals surface area (Å²) >= 11 is 0. The number of carbonyl (C=O) groups is 1. The quantitative estimate of drug-likeness (QED) is 0.764. The van der Waals surface area contributed by atoms with Crippen molar-refractivity contribution in [1.29, 1.82) is 0 Å². The molecule has 0 bridgehead atoms. The van der Waals surface area contributed by atoms with Gasteiger partial charge in [0.2, 0.25) is 0 Å². The van der Waals surface area contributed by atoms with Gasteiger partial charge in [0.15, 0.2) is 0 Å². The Morgan fingerprint density at radius 3 is 2.69 bits per heavy atom. The zero-order valence-corrected chi connectivity index (χ0v) is 14.5. The Balaban J connectivity index is 2.14. The number of benzene rings is 1. The Hall–Kier alpha value is -3.41. The number of ether oxygens (including phenoxy) is 1. The molecule has 6 heteroatoms. The van der Waals surface area contributed by atoms with Crippen molar-refractivity contribution < 1.29 is 14.6 Å². The molecule has 3 rings (SSSR count). The van der Waals surface area contributed by atoms with Gasteiger partial charge in [-0.15, -0.1) is 0 Å². The Kier molecular flexibility index (Phi) is 4.84. The largest absolute Gasteiger partial charge is 0.496 e. The van der Waals surface area contributed by atoms with Crippen molar-refractivity contribution in [3.63, 3.8) is 0 Å². The molecule has 26 heavy (non-hydrogen) atoms. The normalized spacial score (nSPS) is 11.2. The van der Waals surface area contributed by atoms with Gasteiger partial charge in [-0.1, -0.05) is 25.1 Å². The van der Waals surface area contributed by atoms with Crippen LogP contribution >= 0.6 is 0 Å². The first-order valence-corrected chi connectivity index (χ1v) is 8.14. The molecule has 0 radical (unpaired) electrons. The van der Waals surface area contributed by atoms with Gasteiger partial charge < -0.3 is 9.84 Å². The number of hydrogen-bond acceptors (Lipinski definition) is 4. The van der Waals surface area contributed by atoms with Crippen molar-refractivity contribution in [2.24, 2.45) is 0 Å². The zero-order chi connectivity index (χ0) is 18.7. The van der Waals surface area contributed by atoms with Crippen LogP contribution in [0.2, 0.25) is 0 Å². The van der Waals surface area contributed by atoms with E-state index in [0.717, 1.165) is 11.3 Å². The molecule has 0 saturated carbocycles. The van der Waals surface area contributed by atoms with Crippen molar-refractivity contribution in [3.8, 4) is 5.75 Å². The Morgan fingerprint density at radius 1 is 1.23 bits per heavy atom. The highest BCUT2D eigenvalue weighted by Crippen LogP contribution is 2.20. The predicted octanol–water partition coefficient (Wildman–Crippen LogP) is 3.13. The van der Waals surface area contributed by atoms with Crippen LogP contribution in [0.3, 0.4) is 0 Å². The van der Waals surface area contributed by atoms with E-state index in [1.165, 1.54) is 22.7 Å². The first-order chi connectivity index (χ1) is 12.5. The van der Waals surface area contributed by atoms with Crippen LogP contribution < -0.4 is 10.3 Å². The van der Waals surface area contributed by atoms with E-state index < -0.39 is 5.97 Å². The van der Waals surface area contributed by atoms with Crippen molar-refractivity contribution in [1.82, 2.24) is 9.38 Å². The number of pyridine rings is 1. The lowest BCUT2D eigenvalue weighted by atomic mass is 10.1. The number of carboxylic acid groups (broad SMARTS) is 1. The number of hydrogen-bond donors (Lipinski definition) is 1. The Labute approximate surface area is 150 Å². The average molecular weight is 350 g/mol. The van der Waals surface area contributed by atoms with E-state index in [2.05, 4.69) is 4.98 Å². The van der Waals surface area contributed by atoms with Gasteiger partial charge in [0.1, 0.15) is 11.4 Å². The fourth-order valence-electron chi connectivity index (χ4n) is 2.76. The lowest BCUT2D eigenvalue weighted by Crippen LogP contribution is -2.22. The number of aromatic nitrogens is 2. The van der Waals surface area contributed by atoms with Crippen molar-refractivity contribution in [2.75, 3.05) is 7.11 Å². The minimum atomic E-state index is -1.09. The highest BCUT2D eigenvalue weighted by Gasteiger charge is 2.12. The molecule has 3 aromatic rings. The van der Waals surface area contributed by atoms with Gasteiger partial charge in [0.05, 0.1) is 18.4 Å². The van der Waals surface area contributed by atoms with E-state index in [-0.39, 0.29) is 11.1 Å². The van der Waals surface area contributed by atoms with Crippen LogP contribution in [0, 0.1) is 0 Å². The third-order valence-corrected chi connectivity index (χ3v) is 4.11. The summed E-state index contributed by atoms with van der Waals surface area (Å²) in [5.74, 6) is -0.359. The Bertz CT molecular complexity index is 1070. The van der Waals surface area contributed by atoms with Crippen LogP contribution in [0.15, 0.2) is 47.4 Å². The van der Waals surface area contributed by atoms with E-state index in [1.54, 1.807) is 13.2 Å². The third kappa shape index (κ3) is 3.21. The van der Waals surface area contributed by atoms with E-state index in [1.807, 2.05) is 37.3 Å². The fourth-order valence-corrected chi connectivity index (χ4v) is 2.76. The van der Waals surface area contributed by atoms with Crippen molar-refractivity contribution in [2.45, 2.75) is 13.3 Å². The molecule has 2 aromatic heterocycles. The molecule has 2 heterocycles. The standard InChI is InChI=1S/C20H18N2O4/c1-3-15-16(10-8-13-6-4-5-7-17(13)26-2)21-18-11-9-14(20(24)25)12-22(18)19(15)23/h4-12H,3H2,1-2H3,(H,24,25). The molecule has 0 aliphatic carbocycles. The number of methoxy groups -OCH3 is 1. The molecule has 6 nitrogen and oxygen atoms in total. The van der Waals surface area contributed by atoms with Crippen molar-refractivity contribution in [3.05, 3.63) is 75.3 Å². The lowest BCUT2D eigenvalue weighted by molar-refractivity contribution is 0.0696. The molecule has 1 N–H and O–H groups in total.